The van der Waals surface area contributed by atoms with Gasteiger partial charge in [0, 0.05) is 13.2 Å². The largest absolute Gasteiger partial charge is 0.381 e. The van der Waals surface area contributed by atoms with Crippen LogP contribution in [-0.4, -0.2) is 34.9 Å². The number of aromatic amines is 1. The lowest BCUT2D eigenvalue weighted by atomic mass is 9.92. The lowest BCUT2D eigenvalue weighted by Crippen LogP contribution is -2.27. The van der Waals surface area contributed by atoms with Gasteiger partial charge in [0.1, 0.15) is 12.2 Å². The molecule has 5 nitrogen and oxygen atoms in total. The molecule has 2 rings (SSSR count). The van der Waals surface area contributed by atoms with E-state index in [9.17, 15) is 0 Å². The van der Waals surface area contributed by atoms with Gasteiger partial charge in [-0.3, -0.25) is 5.10 Å². The molecule has 1 aliphatic heterocycles. The summed E-state index contributed by atoms with van der Waals surface area (Å²) < 4.78 is 5.38. The molecular weight excluding hydrogens is 204 g/mol. The minimum absolute atomic E-state index is 0.301. The predicted octanol–water partition coefficient (Wildman–Crippen LogP) is 1.27. The van der Waals surface area contributed by atoms with E-state index in [0.29, 0.717) is 6.04 Å². The maximum Gasteiger partial charge on any atom is 0.141 e. The van der Waals surface area contributed by atoms with E-state index in [0.717, 1.165) is 50.8 Å². The third-order valence-corrected chi connectivity index (χ3v) is 3.12. The molecule has 90 valence electrons. The predicted molar refractivity (Wildman–Crippen MR) is 61.0 cm³/mol. The van der Waals surface area contributed by atoms with Gasteiger partial charge in [0.05, 0.1) is 6.04 Å². The first-order valence-electron chi connectivity index (χ1n) is 6.06. The van der Waals surface area contributed by atoms with Gasteiger partial charge in [0.15, 0.2) is 0 Å². The van der Waals surface area contributed by atoms with Gasteiger partial charge < -0.3 is 10.1 Å². The molecule has 2 N–H and O–H groups in total. The fraction of sp³-hybridized carbons (Fsp3) is 0.818. The SMILES string of the molecule is CCNC(CC1CCOCC1)c1ncn[nH]1. The van der Waals surface area contributed by atoms with Crippen LogP contribution in [0.25, 0.3) is 0 Å². The standard InChI is InChI=1S/C11H20N4O/c1-2-12-10(11-13-8-14-15-11)7-9-3-5-16-6-4-9/h8-10,12H,2-7H2,1H3,(H,13,14,15). The van der Waals surface area contributed by atoms with Crippen molar-refractivity contribution in [2.75, 3.05) is 19.8 Å². The first kappa shape index (κ1) is 11.5. The van der Waals surface area contributed by atoms with Crippen LogP contribution in [0, 0.1) is 5.92 Å². The first-order chi connectivity index (χ1) is 7.90. The summed E-state index contributed by atoms with van der Waals surface area (Å²) in [6, 6.07) is 0.301. The zero-order chi connectivity index (χ0) is 11.2. The third-order valence-electron chi connectivity index (χ3n) is 3.12. The van der Waals surface area contributed by atoms with Crippen LogP contribution < -0.4 is 5.32 Å². The van der Waals surface area contributed by atoms with Crippen molar-refractivity contribution in [2.24, 2.45) is 5.92 Å². The lowest BCUT2D eigenvalue weighted by Gasteiger charge is -2.25. The molecule has 1 aromatic heterocycles. The number of rotatable bonds is 5. The molecule has 1 aromatic rings. The van der Waals surface area contributed by atoms with Gasteiger partial charge in [0.2, 0.25) is 0 Å². The molecular formula is C11H20N4O. The highest BCUT2D eigenvalue weighted by Crippen LogP contribution is 2.25. The van der Waals surface area contributed by atoms with Crippen molar-refractivity contribution in [2.45, 2.75) is 32.2 Å². The molecule has 0 aliphatic carbocycles. The smallest absolute Gasteiger partial charge is 0.141 e. The number of nitrogens with one attached hydrogen (secondary N) is 2. The van der Waals surface area contributed by atoms with Crippen molar-refractivity contribution in [3.8, 4) is 0 Å². The molecule has 1 atom stereocenters. The van der Waals surface area contributed by atoms with Crippen LogP contribution in [0.5, 0.6) is 0 Å². The number of H-pyrrole nitrogens is 1. The molecule has 0 saturated carbocycles. The zero-order valence-electron chi connectivity index (χ0n) is 9.78. The molecule has 0 radical (unpaired) electrons. The monoisotopic (exact) mass is 224 g/mol. The second-order valence-electron chi connectivity index (χ2n) is 4.27. The average Bonchev–Trinajstić information content (AvgIpc) is 2.83. The summed E-state index contributed by atoms with van der Waals surface area (Å²) in [5.74, 6) is 1.69. The van der Waals surface area contributed by atoms with Crippen LogP contribution in [0.4, 0.5) is 0 Å². The highest BCUT2D eigenvalue weighted by Gasteiger charge is 2.21. The number of nitrogens with zero attached hydrogens (tertiary/aromatic N) is 2. The van der Waals surface area contributed by atoms with Gasteiger partial charge in [-0.25, -0.2) is 4.98 Å². The van der Waals surface area contributed by atoms with Crippen LogP contribution in [0.1, 0.15) is 38.1 Å². The van der Waals surface area contributed by atoms with Crippen molar-refractivity contribution in [3.05, 3.63) is 12.2 Å². The summed E-state index contributed by atoms with van der Waals surface area (Å²) in [7, 11) is 0. The number of hydrogen-bond donors (Lipinski definition) is 2. The summed E-state index contributed by atoms with van der Waals surface area (Å²) >= 11 is 0. The minimum atomic E-state index is 0.301. The van der Waals surface area contributed by atoms with E-state index >= 15 is 0 Å². The topological polar surface area (TPSA) is 62.8 Å². The van der Waals surface area contributed by atoms with Gasteiger partial charge in [-0.15, -0.1) is 0 Å². The van der Waals surface area contributed by atoms with E-state index in [1.165, 1.54) is 0 Å². The van der Waals surface area contributed by atoms with Crippen LogP contribution in [0.3, 0.4) is 0 Å². The second kappa shape index (κ2) is 5.96. The lowest BCUT2D eigenvalue weighted by molar-refractivity contribution is 0.0602. The Balaban J connectivity index is 1.91. The summed E-state index contributed by atoms with van der Waals surface area (Å²) in [5, 5.41) is 10.3. The highest BCUT2D eigenvalue weighted by atomic mass is 16.5. The molecule has 0 aromatic carbocycles. The van der Waals surface area contributed by atoms with E-state index < -0.39 is 0 Å². The minimum Gasteiger partial charge on any atom is -0.381 e. The molecule has 1 aliphatic rings. The third kappa shape index (κ3) is 3.02. The highest BCUT2D eigenvalue weighted by molar-refractivity contribution is 4.92. The Morgan fingerprint density at radius 1 is 1.56 bits per heavy atom. The summed E-state index contributed by atoms with van der Waals surface area (Å²) in [6.07, 6.45) is 5.02. The molecule has 1 saturated heterocycles. The average molecular weight is 224 g/mol. The first-order valence-corrected chi connectivity index (χ1v) is 6.06. The van der Waals surface area contributed by atoms with Crippen molar-refractivity contribution in [1.29, 1.82) is 0 Å². The normalized spacial score (nSPS) is 19.8. The fourth-order valence-corrected chi connectivity index (χ4v) is 2.24. The Morgan fingerprint density at radius 2 is 2.38 bits per heavy atom. The molecule has 1 fully saturated rings. The van der Waals surface area contributed by atoms with Crippen molar-refractivity contribution in [3.63, 3.8) is 0 Å². The zero-order valence-corrected chi connectivity index (χ0v) is 9.78. The number of aromatic nitrogens is 3. The van der Waals surface area contributed by atoms with Gasteiger partial charge in [-0.1, -0.05) is 6.92 Å². The van der Waals surface area contributed by atoms with Crippen molar-refractivity contribution >= 4 is 0 Å². The van der Waals surface area contributed by atoms with Gasteiger partial charge >= 0.3 is 0 Å². The van der Waals surface area contributed by atoms with Crippen LogP contribution in [0.15, 0.2) is 6.33 Å². The molecule has 5 heteroatoms. The summed E-state index contributed by atoms with van der Waals surface area (Å²) in [5.41, 5.74) is 0. The van der Waals surface area contributed by atoms with Crippen molar-refractivity contribution in [1.82, 2.24) is 20.5 Å². The Kier molecular flexibility index (Phi) is 4.30. The Bertz CT molecular complexity index is 282. The Hall–Kier alpha value is -0.940. The molecule has 16 heavy (non-hydrogen) atoms. The van der Waals surface area contributed by atoms with Crippen LogP contribution >= 0.6 is 0 Å². The van der Waals surface area contributed by atoms with Crippen molar-refractivity contribution < 1.29 is 4.74 Å². The number of ether oxygens (including phenoxy) is 1. The summed E-state index contributed by atoms with van der Waals surface area (Å²) in [4.78, 5) is 4.24. The van der Waals surface area contributed by atoms with E-state index in [-0.39, 0.29) is 0 Å². The van der Waals surface area contributed by atoms with Gasteiger partial charge in [0.25, 0.3) is 0 Å². The molecule has 1 unspecified atom stereocenters. The summed E-state index contributed by atoms with van der Waals surface area (Å²) in [6.45, 7) is 4.88. The molecule has 0 spiro atoms. The molecule has 0 amide bonds. The maximum absolute atomic E-state index is 5.38. The van der Waals surface area contributed by atoms with Gasteiger partial charge in [-0.2, -0.15) is 5.10 Å². The number of hydrogen-bond acceptors (Lipinski definition) is 4. The van der Waals surface area contributed by atoms with Crippen LogP contribution in [0.2, 0.25) is 0 Å². The Morgan fingerprint density at radius 3 is 3.00 bits per heavy atom. The second-order valence-corrected chi connectivity index (χ2v) is 4.27. The maximum atomic E-state index is 5.38. The van der Waals surface area contributed by atoms with Gasteiger partial charge in [-0.05, 0) is 31.7 Å². The van der Waals surface area contributed by atoms with E-state index in [2.05, 4.69) is 27.4 Å². The van der Waals surface area contributed by atoms with E-state index in [1.54, 1.807) is 6.33 Å². The van der Waals surface area contributed by atoms with E-state index in [4.69, 9.17) is 4.74 Å². The van der Waals surface area contributed by atoms with Crippen LogP contribution in [-0.2, 0) is 4.74 Å². The quantitative estimate of drug-likeness (QED) is 0.790. The molecule has 0 bridgehead atoms. The molecule has 2 heterocycles. The van der Waals surface area contributed by atoms with E-state index in [1.807, 2.05) is 0 Å². The fourth-order valence-electron chi connectivity index (χ4n) is 2.24. The Labute approximate surface area is 96.0 Å².